The SMILES string of the molecule is OC[C@@H]1CCCN1c1nccs1. The van der Waals surface area contributed by atoms with Crippen LogP contribution in [-0.4, -0.2) is 29.3 Å². The lowest BCUT2D eigenvalue weighted by molar-refractivity contribution is 0.266. The highest BCUT2D eigenvalue weighted by molar-refractivity contribution is 7.13. The van der Waals surface area contributed by atoms with Crippen LogP contribution in [0.25, 0.3) is 0 Å². The summed E-state index contributed by atoms with van der Waals surface area (Å²) in [7, 11) is 0. The average molecular weight is 184 g/mol. The molecule has 1 aromatic heterocycles. The fourth-order valence-corrected chi connectivity index (χ4v) is 2.38. The van der Waals surface area contributed by atoms with Gasteiger partial charge in [-0.2, -0.15) is 0 Å². The summed E-state index contributed by atoms with van der Waals surface area (Å²) < 4.78 is 0. The van der Waals surface area contributed by atoms with E-state index in [0.717, 1.165) is 18.1 Å². The van der Waals surface area contributed by atoms with Crippen LogP contribution in [0.15, 0.2) is 11.6 Å². The van der Waals surface area contributed by atoms with Crippen LogP contribution in [0.1, 0.15) is 12.8 Å². The number of thiazole rings is 1. The van der Waals surface area contributed by atoms with E-state index in [1.54, 1.807) is 11.3 Å². The molecule has 12 heavy (non-hydrogen) atoms. The maximum atomic E-state index is 9.07. The number of rotatable bonds is 2. The van der Waals surface area contributed by atoms with Gasteiger partial charge in [0.05, 0.1) is 12.6 Å². The Morgan fingerprint density at radius 2 is 2.67 bits per heavy atom. The topological polar surface area (TPSA) is 36.4 Å². The number of hydrogen-bond acceptors (Lipinski definition) is 4. The van der Waals surface area contributed by atoms with Crippen LogP contribution in [-0.2, 0) is 0 Å². The number of anilines is 1. The van der Waals surface area contributed by atoms with Gasteiger partial charge in [-0.15, -0.1) is 11.3 Å². The number of aromatic nitrogens is 1. The standard InChI is InChI=1S/C8H12N2OS/c11-6-7-2-1-4-10(7)8-9-3-5-12-8/h3,5,7,11H,1-2,4,6H2/t7-/m0/s1. The van der Waals surface area contributed by atoms with Crippen LogP contribution in [0.5, 0.6) is 0 Å². The molecule has 1 fully saturated rings. The molecule has 1 saturated heterocycles. The summed E-state index contributed by atoms with van der Waals surface area (Å²) in [6.45, 7) is 1.29. The van der Waals surface area contributed by atoms with Crippen LogP contribution in [0.4, 0.5) is 5.13 Å². The Labute approximate surface area is 75.7 Å². The molecule has 2 rings (SSSR count). The molecule has 0 bridgehead atoms. The van der Waals surface area contributed by atoms with Crippen molar-refractivity contribution in [3.8, 4) is 0 Å². The van der Waals surface area contributed by atoms with Gasteiger partial charge in [-0.1, -0.05) is 0 Å². The smallest absolute Gasteiger partial charge is 0.185 e. The molecule has 4 heteroatoms. The first kappa shape index (κ1) is 8.01. The Morgan fingerprint density at radius 1 is 1.75 bits per heavy atom. The third-order valence-electron chi connectivity index (χ3n) is 2.25. The van der Waals surface area contributed by atoms with Crippen molar-refractivity contribution in [3.05, 3.63) is 11.6 Å². The molecule has 0 aliphatic carbocycles. The van der Waals surface area contributed by atoms with E-state index in [2.05, 4.69) is 9.88 Å². The number of hydrogen-bond donors (Lipinski definition) is 1. The zero-order valence-electron chi connectivity index (χ0n) is 6.81. The highest BCUT2D eigenvalue weighted by Crippen LogP contribution is 2.26. The predicted octanol–water partition coefficient (Wildman–Crippen LogP) is 1.10. The van der Waals surface area contributed by atoms with E-state index in [9.17, 15) is 0 Å². The molecule has 0 saturated carbocycles. The Hall–Kier alpha value is -0.610. The van der Waals surface area contributed by atoms with E-state index >= 15 is 0 Å². The second kappa shape index (κ2) is 3.41. The maximum absolute atomic E-state index is 9.07. The van der Waals surface area contributed by atoms with Gasteiger partial charge in [0.2, 0.25) is 0 Å². The molecular weight excluding hydrogens is 172 g/mol. The first-order valence-corrected chi connectivity index (χ1v) is 5.07. The lowest BCUT2D eigenvalue weighted by Gasteiger charge is -2.21. The Bertz CT molecular complexity index is 237. The molecule has 1 aromatic rings. The van der Waals surface area contributed by atoms with Gasteiger partial charge in [0.25, 0.3) is 0 Å². The zero-order chi connectivity index (χ0) is 8.39. The van der Waals surface area contributed by atoms with Crippen molar-refractivity contribution in [2.75, 3.05) is 18.1 Å². The largest absolute Gasteiger partial charge is 0.394 e. The minimum Gasteiger partial charge on any atom is -0.394 e. The molecule has 0 spiro atoms. The molecule has 0 amide bonds. The second-order valence-electron chi connectivity index (χ2n) is 2.99. The van der Waals surface area contributed by atoms with E-state index in [-0.39, 0.29) is 6.61 Å². The van der Waals surface area contributed by atoms with Gasteiger partial charge in [-0.25, -0.2) is 4.98 Å². The van der Waals surface area contributed by atoms with Crippen molar-refractivity contribution >= 4 is 16.5 Å². The third kappa shape index (κ3) is 1.32. The van der Waals surface area contributed by atoms with Crippen molar-refractivity contribution in [1.82, 2.24) is 4.98 Å². The normalized spacial score (nSPS) is 23.4. The summed E-state index contributed by atoms with van der Waals surface area (Å²) >= 11 is 1.64. The van der Waals surface area contributed by atoms with Crippen LogP contribution in [0, 0.1) is 0 Å². The summed E-state index contributed by atoms with van der Waals surface area (Å²) in [6.07, 6.45) is 4.08. The summed E-state index contributed by atoms with van der Waals surface area (Å²) in [4.78, 5) is 6.43. The highest BCUT2D eigenvalue weighted by Gasteiger charge is 2.25. The fraction of sp³-hybridized carbons (Fsp3) is 0.625. The van der Waals surface area contributed by atoms with Crippen molar-refractivity contribution in [3.63, 3.8) is 0 Å². The molecular formula is C8H12N2OS. The van der Waals surface area contributed by atoms with Gasteiger partial charge in [0.1, 0.15) is 0 Å². The molecule has 1 aliphatic rings. The lowest BCUT2D eigenvalue weighted by atomic mass is 10.2. The van der Waals surface area contributed by atoms with Crippen molar-refractivity contribution in [2.24, 2.45) is 0 Å². The zero-order valence-corrected chi connectivity index (χ0v) is 7.63. The Balaban J connectivity index is 2.13. The van der Waals surface area contributed by atoms with Gasteiger partial charge < -0.3 is 10.0 Å². The van der Waals surface area contributed by atoms with Crippen LogP contribution >= 0.6 is 11.3 Å². The Kier molecular flexibility index (Phi) is 2.28. The average Bonchev–Trinajstić information content (AvgIpc) is 2.74. The van der Waals surface area contributed by atoms with Gasteiger partial charge in [-0.05, 0) is 12.8 Å². The van der Waals surface area contributed by atoms with Crippen molar-refractivity contribution in [1.29, 1.82) is 0 Å². The molecule has 1 atom stereocenters. The summed E-state index contributed by atoms with van der Waals surface area (Å²) in [5, 5.41) is 12.1. The monoisotopic (exact) mass is 184 g/mol. The first-order valence-electron chi connectivity index (χ1n) is 4.19. The van der Waals surface area contributed by atoms with E-state index in [1.165, 1.54) is 6.42 Å². The quantitative estimate of drug-likeness (QED) is 0.748. The van der Waals surface area contributed by atoms with E-state index in [1.807, 2.05) is 11.6 Å². The van der Waals surface area contributed by atoms with E-state index < -0.39 is 0 Å². The minimum absolute atomic E-state index is 0.250. The molecule has 1 N–H and O–H groups in total. The van der Waals surface area contributed by atoms with Crippen molar-refractivity contribution < 1.29 is 5.11 Å². The molecule has 1 aliphatic heterocycles. The van der Waals surface area contributed by atoms with Gasteiger partial charge in [0.15, 0.2) is 5.13 Å². The maximum Gasteiger partial charge on any atom is 0.185 e. The van der Waals surface area contributed by atoms with Crippen molar-refractivity contribution in [2.45, 2.75) is 18.9 Å². The summed E-state index contributed by atoms with van der Waals surface area (Å²) in [5.41, 5.74) is 0. The van der Waals surface area contributed by atoms with Crippen LogP contribution < -0.4 is 4.90 Å². The van der Waals surface area contributed by atoms with E-state index in [0.29, 0.717) is 6.04 Å². The number of nitrogens with zero attached hydrogens (tertiary/aromatic N) is 2. The van der Waals surface area contributed by atoms with Gasteiger partial charge in [0, 0.05) is 18.1 Å². The lowest BCUT2D eigenvalue weighted by Crippen LogP contribution is -2.31. The minimum atomic E-state index is 0.250. The van der Waals surface area contributed by atoms with Crippen LogP contribution in [0.2, 0.25) is 0 Å². The molecule has 0 radical (unpaired) electrons. The molecule has 2 heterocycles. The first-order chi connectivity index (χ1) is 5.92. The van der Waals surface area contributed by atoms with E-state index in [4.69, 9.17) is 5.11 Å². The molecule has 0 aromatic carbocycles. The number of aliphatic hydroxyl groups excluding tert-OH is 1. The third-order valence-corrected chi connectivity index (χ3v) is 3.06. The molecule has 0 unspecified atom stereocenters. The van der Waals surface area contributed by atoms with Gasteiger partial charge in [-0.3, -0.25) is 0 Å². The molecule has 3 nitrogen and oxygen atoms in total. The second-order valence-corrected chi connectivity index (χ2v) is 3.86. The van der Waals surface area contributed by atoms with Crippen LogP contribution in [0.3, 0.4) is 0 Å². The Morgan fingerprint density at radius 3 is 3.33 bits per heavy atom. The fourth-order valence-electron chi connectivity index (χ4n) is 1.64. The molecule has 66 valence electrons. The predicted molar refractivity (Wildman–Crippen MR) is 49.6 cm³/mol. The number of aliphatic hydroxyl groups is 1. The van der Waals surface area contributed by atoms with Gasteiger partial charge >= 0.3 is 0 Å². The summed E-state index contributed by atoms with van der Waals surface area (Å²) in [5.74, 6) is 0. The summed E-state index contributed by atoms with van der Waals surface area (Å²) in [6, 6.07) is 0.302. The highest BCUT2D eigenvalue weighted by atomic mass is 32.1.